The Morgan fingerprint density at radius 1 is 1.56 bits per heavy atom. The summed E-state index contributed by atoms with van der Waals surface area (Å²) < 4.78 is 11.1. The second kappa shape index (κ2) is 4.26. The van der Waals surface area contributed by atoms with E-state index >= 15 is 0 Å². The average Bonchev–Trinajstić information content (AvgIpc) is 2.89. The van der Waals surface area contributed by atoms with E-state index in [0.717, 1.165) is 19.3 Å². The lowest BCUT2D eigenvalue weighted by Gasteiger charge is -2.47. The van der Waals surface area contributed by atoms with E-state index in [1.54, 1.807) is 7.11 Å². The van der Waals surface area contributed by atoms with Crippen LogP contribution in [0, 0.1) is 5.41 Å². The van der Waals surface area contributed by atoms with Gasteiger partial charge in [0.15, 0.2) is 0 Å². The van der Waals surface area contributed by atoms with Crippen molar-refractivity contribution in [1.82, 2.24) is 0 Å². The minimum absolute atomic E-state index is 0.114. The third-order valence-corrected chi connectivity index (χ3v) is 4.57. The lowest BCUT2D eigenvalue weighted by atomic mass is 9.62. The maximum Gasteiger partial charge on any atom is 0.0971 e. The first kappa shape index (κ1) is 12.3. The van der Waals surface area contributed by atoms with Gasteiger partial charge in [-0.15, -0.1) is 0 Å². The molecule has 2 saturated heterocycles. The monoisotopic (exact) mass is 229 g/mol. The minimum Gasteiger partial charge on any atom is -0.387 e. The van der Waals surface area contributed by atoms with Crippen LogP contribution in [0.3, 0.4) is 0 Å². The molecule has 4 nitrogen and oxygen atoms in total. The minimum atomic E-state index is -0.851. The van der Waals surface area contributed by atoms with Crippen LogP contribution in [-0.4, -0.2) is 43.2 Å². The molecule has 0 spiro atoms. The van der Waals surface area contributed by atoms with E-state index in [4.69, 9.17) is 15.2 Å². The summed E-state index contributed by atoms with van der Waals surface area (Å²) in [6, 6.07) is 0. The summed E-state index contributed by atoms with van der Waals surface area (Å²) in [6.45, 7) is 2.80. The molecule has 0 aromatic heterocycles. The van der Waals surface area contributed by atoms with Gasteiger partial charge in [0, 0.05) is 19.1 Å². The molecular weight excluding hydrogens is 206 g/mol. The van der Waals surface area contributed by atoms with Gasteiger partial charge in [-0.1, -0.05) is 6.92 Å². The Hall–Kier alpha value is -0.160. The summed E-state index contributed by atoms with van der Waals surface area (Å²) in [5, 5.41) is 10.8. The zero-order chi connectivity index (χ0) is 11.8. The fourth-order valence-corrected chi connectivity index (χ4v) is 3.53. The highest BCUT2D eigenvalue weighted by Gasteiger charge is 2.61. The standard InChI is InChI=1S/C12H23NO3/c1-3-12(14,8-15-2)11(7-13)6-9-4-5-10(11)16-9/h9-10,14H,3-8,13H2,1-2H3. The number of nitrogens with two attached hydrogens (primary N) is 1. The molecule has 2 aliphatic heterocycles. The Morgan fingerprint density at radius 3 is 2.69 bits per heavy atom. The van der Waals surface area contributed by atoms with Crippen molar-refractivity contribution in [2.24, 2.45) is 11.1 Å². The summed E-state index contributed by atoms with van der Waals surface area (Å²) >= 11 is 0. The van der Waals surface area contributed by atoms with Crippen LogP contribution in [0.4, 0.5) is 0 Å². The highest BCUT2D eigenvalue weighted by Crippen LogP contribution is 2.54. The number of hydrogen-bond donors (Lipinski definition) is 2. The Morgan fingerprint density at radius 2 is 2.31 bits per heavy atom. The molecular formula is C12H23NO3. The van der Waals surface area contributed by atoms with Crippen molar-refractivity contribution in [2.75, 3.05) is 20.3 Å². The van der Waals surface area contributed by atoms with Crippen molar-refractivity contribution in [1.29, 1.82) is 0 Å². The first-order valence-electron chi connectivity index (χ1n) is 6.18. The number of aliphatic hydroxyl groups is 1. The Balaban J connectivity index is 2.26. The van der Waals surface area contributed by atoms with Crippen LogP contribution >= 0.6 is 0 Å². The summed E-state index contributed by atoms with van der Waals surface area (Å²) in [5.74, 6) is 0. The first-order chi connectivity index (χ1) is 7.62. The first-order valence-corrected chi connectivity index (χ1v) is 6.18. The van der Waals surface area contributed by atoms with Crippen molar-refractivity contribution in [3.63, 3.8) is 0 Å². The number of rotatable bonds is 5. The maximum atomic E-state index is 10.8. The van der Waals surface area contributed by atoms with Crippen molar-refractivity contribution in [3.8, 4) is 0 Å². The smallest absolute Gasteiger partial charge is 0.0971 e. The molecule has 2 aliphatic rings. The van der Waals surface area contributed by atoms with Gasteiger partial charge in [0.05, 0.1) is 24.4 Å². The molecule has 0 radical (unpaired) electrons. The van der Waals surface area contributed by atoms with Crippen molar-refractivity contribution < 1.29 is 14.6 Å². The fourth-order valence-electron chi connectivity index (χ4n) is 3.53. The molecule has 4 heteroatoms. The van der Waals surface area contributed by atoms with E-state index in [1.165, 1.54) is 0 Å². The van der Waals surface area contributed by atoms with Gasteiger partial charge in [0.1, 0.15) is 0 Å². The topological polar surface area (TPSA) is 64.7 Å². The van der Waals surface area contributed by atoms with Gasteiger partial charge in [-0.3, -0.25) is 0 Å². The molecule has 2 rings (SSSR count). The van der Waals surface area contributed by atoms with E-state index in [9.17, 15) is 5.11 Å². The van der Waals surface area contributed by atoms with Gasteiger partial charge in [0.2, 0.25) is 0 Å². The largest absolute Gasteiger partial charge is 0.387 e. The van der Waals surface area contributed by atoms with Gasteiger partial charge >= 0.3 is 0 Å². The number of methoxy groups -OCH3 is 1. The Bertz CT molecular complexity index is 261. The fraction of sp³-hybridized carbons (Fsp3) is 1.00. The number of ether oxygens (including phenoxy) is 2. The van der Waals surface area contributed by atoms with E-state index in [1.807, 2.05) is 6.92 Å². The van der Waals surface area contributed by atoms with Crippen LogP contribution in [0.5, 0.6) is 0 Å². The molecule has 94 valence electrons. The van der Waals surface area contributed by atoms with Crippen LogP contribution in [0.15, 0.2) is 0 Å². The SMILES string of the molecule is CCC(O)(COC)C1(CN)CC2CCC1O2. The molecule has 4 atom stereocenters. The van der Waals surface area contributed by atoms with E-state index in [2.05, 4.69) is 0 Å². The van der Waals surface area contributed by atoms with Crippen LogP contribution < -0.4 is 5.73 Å². The molecule has 0 aromatic carbocycles. The molecule has 0 aromatic rings. The third kappa shape index (κ3) is 1.51. The molecule has 3 N–H and O–H groups in total. The van der Waals surface area contributed by atoms with Crippen LogP contribution in [0.1, 0.15) is 32.6 Å². The second-order valence-electron chi connectivity index (χ2n) is 5.21. The zero-order valence-electron chi connectivity index (χ0n) is 10.2. The lowest BCUT2D eigenvalue weighted by molar-refractivity contribution is -0.146. The summed E-state index contributed by atoms with van der Waals surface area (Å²) in [7, 11) is 1.62. The van der Waals surface area contributed by atoms with Crippen molar-refractivity contribution in [2.45, 2.75) is 50.4 Å². The molecule has 4 unspecified atom stereocenters. The molecule has 2 fully saturated rings. The summed E-state index contributed by atoms with van der Waals surface area (Å²) in [6.07, 6.45) is 4.07. The molecule has 0 aliphatic carbocycles. The third-order valence-electron chi connectivity index (χ3n) is 4.57. The number of hydrogen-bond acceptors (Lipinski definition) is 4. The summed E-state index contributed by atoms with van der Waals surface area (Å²) in [4.78, 5) is 0. The van der Waals surface area contributed by atoms with Gasteiger partial charge in [-0.2, -0.15) is 0 Å². The highest BCUT2D eigenvalue weighted by atomic mass is 16.5. The summed E-state index contributed by atoms with van der Waals surface area (Å²) in [5.41, 5.74) is 4.80. The van der Waals surface area contributed by atoms with E-state index in [-0.39, 0.29) is 11.5 Å². The Labute approximate surface area is 97.1 Å². The highest BCUT2D eigenvalue weighted by molar-refractivity contribution is 5.11. The zero-order valence-corrected chi connectivity index (χ0v) is 10.2. The van der Waals surface area contributed by atoms with Gasteiger partial charge in [-0.25, -0.2) is 0 Å². The number of fused-ring (bicyclic) bond motifs is 2. The quantitative estimate of drug-likeness (QED) is 0.727. The molecule has 2 heterocycles. The average molecular weight is 229 g/mol. The van der Waals surface area contributed by atoms with Crippen LogP contribution in [0.25, 0.3) is 0 Å². The molecule has 2 bridgehead atoms. The van der Waals surface area contributed by atoms with Gasteiger partial charge in [0.25, 0.3) is 0 Å². The second-order valence-corrected chi connectivity index (χ2v) is 5.21. The van der Waals surface area contributed by atoms with E-state index < -0.39 is 5.60 Å². The Kier molecular flexibility index (Phi) is 3.27. The van der Waals surface area contributed by atoms with Gasteiger partial charge in [-0.05, 0) is 25.7 Å². The van der Waals surface area contributed by atoms with Crippen LogP contribution in [0.2, 0.25) is 0 Å². The predicted molar refractivity (Wildman–Crippen MR) is 61.1 cm³/mol. The predicted octanol–water partition coefficient (Wildman–Crippen LogP) is 0.670. The van der Waals surface area contributed by atoms with Crippen molar-refractivity contribution in [3.05, 3.63) is 0 Å². The maximum absolute atomic E-state index is 10.8. The van der Waals surface area contributed by atoms with Gasteiger partial charge < -0.3 is 20.3 Å². The van der Waals surface area contributed by atoms with Crippen molar-refractivity contribution >= 4 is 0 Å². The molecule has 0 amide bonds. The lowest BCUT2D eigenvalue weighted by Crippen LogP contribution is -2.59. The van der Waals surface area contributed by atoms with Crippen LogP contribution in [-0.2, 0) is 9.47 Å². The van der Waals surface area contributed by atoms with E-state index in [0.29, 0.717) is 25.7 Å². The molecule has 16 heavy (non-hydrogen) atoms. The molecule has 0 saturated carbocycles. The normalized spacial score (nSPS) is 41.2.